The first-order valence-electron chi connectivity index (χ1n) is 6.86. The van der Waals surface area contributed by atoms with Crippen molar-refractivity contribution < 1.29 is 14.5 Å². The van der Waals surface area contributed by atoms with Crippen molar-refractivity contribution in [1.29, 1.82) is 0 Å². The largest absolute Gasteiger partial charge is 0.354 e. The predicted molar refractivity (Wildman–Crippen MR) is 84.7 cm³/mol. The molecule has 8 heteroatoms. The van der Waals surface area contributed by atoms with Gasteiger partial charge in [-0.3, -0.25) is 19.7 Å². The molecule has 1 atom stereocenters. The van der Waals surface area contributed by atoms with Crippen LogP contribution < -0.4 is 10.6 Å². The van der Waals surface area contributed by atoms with Crippen LogP contribution in [0.15, 0.2) is 29.2 Å². The number of nitrogens with zero attached hydrogens (tertiary/aromatic N) is 1. The average Bonchev–Trinajstić information content (AvgIpc) is 2.48. The van der Waals surface area contributed by atoms with Gasteiger partial charge in [0.1, 0.15) is 6.04 Å². The minimum absolute atomic E-state index is 0.00323. The van der Waals surface area contributed by atoms with Gasteiger partial charge in [0.2, 0.25) is 11.8 Å². The van der Waals surface area contributed by atoms with Gasteiger partial charge < -0.3 is 10.6 Å². The highest BCUT2D eigenvalue weighted by atomic mass is 32.2. The summed E-state index contributed by atoms with van der Waals surface area (Å²) in [7, 11) is 0. The zero-order valence-corrected chi connectivity index (χ0v) is 13.3. The lowest BCUT2D eigenvalue weighted by atomic mass is 10.3. The molecule has 0 aliphatic heterocycles. The summed E-state index contributed by atoms with van der Waals surface area (Å²) in [4.78, 5) is 34.1. The fourth-order valence-corrected chi connectivity index (χ4v) is 2.64. The molecule has 0 fully saturated rings. The van der Waals surface area contributed by atoms with Gasteiger partial charge in [0, 0.05) is 36.2 Å². The van der Waals surface area contributed by atoms with Gasteiger partial charge in [-0.05, 0) is 12.5 Å². The van der Waals surface area contributed by atoms with Gasteiger partial charge in [-0.2, -0.15) is 0 Å². The molecule has 120 valence electrons. The zero-order valence-electron chi connectivity index (χ0n) is 12.5. The third-order valence-electron chi connectivity index (χ3n) is 2.69. The summed E-state index contributed by atoms with van der Waals surface area (Å²) < 4.78 is 0. The van der Waals surface area contributed by atoms with Crippen molar-refractivity contribution in [2.24, 2.45) is 0 Å². The van der Waals surface area contributed by atoms with E-state index in [-0.39, 0.29) is 17.5 Å². The van der Waals surface area contributed by atoms with Crippen LogP contribution >= 0.6 is 11.8 Å². The Hall–Kier alpha value is -2.09. The molecular formula is C14H19N3O4S. The van der Waals surface area contributed by atoms with E-state index < -0.39 is 11.0 Å². The van der Waals surface area contributed by atoms with E-state index in [0.717, 1.165) is 6.42 Å². The highest BCUT2D eigenvalue weighted by molar-refractivity contribution is 7.99. The number of nitro groups is 1. The SMILES string of the molecule is CCCNC(=O)C(CSc1cccc([N+](=O)[O-])c1)NC(C)=O. The molecule has 22 heavy (non-hydrogen) atoms. The first-order valence-corrected chi connectivity index (χ1v) is 7.84. The summed E-state index contributed by atoms with van der Waals surface area (Å²) in [5.41, 5.74) is -0.00323. The van der Waals surface area contributed by atoms with E-state index in [1.165, 1.54) is 30.8 Å². The lowest BCUT2D eigenvalue weighted by Crippen LogP contribution is -2.47. The second-order valence-corrected chi connectivity index (χ2v) is 5.70. The van der Waals surface area contributed by atoms with Gasteiger partial charge in [0.05, 0.1) is 4.92 Å². The molecule has 0 saturated carbocycles. The Kier molecular flexibility index (Phi) is 7.38. The second-order valence-electron chi connectivity index (χ2n) is 4.61. The molecule has 0 spiro atoms. The summed E-state index contributed by atoms with van der Waals surface area (Å²) in [6, 6.07) is 5.49. The molecule has 0 heterocycles. The quantitative estimate of drug-likeness (QED) is 0.430. The number of benzene rings is 1. The third kappa shape index (κ3) is 6.13. The average molecular weight is 325 g/mol. The van der Waals surface area contributed by atoms with Crippen molar-refractivity contribution in [3.05, 3.63) is 34.4 Å². The number of amides is 2. The van der Waals surface area contributed by atoms with Crippen molar-refractivity contribution in [2.75, 3.05) is 12.3 Å². The first kappa shape index (κ1) is 18.0. The summed E-state index contributed by atoms with van der Waals surface area (Å²) in [5, 5.41) is 16.1. The van der Waals surface area contributed by atoms with Crippen LogP contribution in [0.4, 0.5) is 5.69 Å². The van der Waals surface area contributed by atoms with Gasteiger partial charge in [-0.1, -0.05) is 13.0 Å². The van der Waals surface area contributed by atoms with Gasteiger partial charge in [0.15, 0.2) is 0 Å². The van der Waals surface area contributed by atoms with Crippen molar-refractivity contribution in [1.82, 2.24) is 10.6 Å². The van der Waals surface area contributed by atoms with E-state index in [1.807, 2.05) is 6.92 Å². The Morgan fingerprint density at radius 3 is 2.73 bits per heavy atom. The number of rotatable bonds is 8. The summed E-state index contributed by atoms with van der Waals surface area (Å²) >= 11 is 1.28. The van der Waals surface area contributed by atoms with Gasteiger partial charge >= 0.3 is 0 Å². The maximum Gasteiger partial charge on any atom is 0.270 e. The molecule has 2 N–H and O–H groups in total. The van der Waals surface area contributed by atoms with Gasteiger partial charge in [-0.15, -0.1) is 11.8 Å². The number of hydrogen-bond donors (Lipinski definition) is 2. The summed E-state index contributed by atoms with van der Waals surface area (Å²) in [5.74, 6) is -0.248. The summed E-state index contributed by atoms with van der Waals surface area (Å²) in [6.45, 7) is 3.82. The number of carbonyl (C=O) groups is 2. The minimum Gasteiger partial charge on any atom is -0.354 e. The standard InChI is InChI=1S/C14H19N3O4S/c1-3-7-15-14(19)13(16-10(2)18)9-22-12-6-4-5-11(8-12)17(20)21/h4-6,8,13H,3,7,9H2,1-2H3,(H,15,19)(H,16,18). The molecule has 7 nitrogen and oxygen atoms in total. The fourth-order valence-electron chi connectivity index (χ4n) is 1.67. The lowest BCUT2D eigenvalue weighted by Gasteiger charge is -2.17. The van der Waals surface area contributed by atoms with Crippen LogP contribution in [-0.4, -0.2) is 35.1 Å². The number of non-ortho nitro benzene ring substituents is 1. The van der Waals surface area contributed by atoms with Crippen molar-refractivity contribution in [3.8, 4) is 0 Å². The van der Waals surface area contributed by atoms with Gasteiger partial charge in [-0.25, -0.2) is 0 Å². The van der Waals surface area contributed by atoms with Crippen molar-refractivity contribution >= 4 is 29.3 Å². The molecular weight excluding hydrogens is 306 g/mol. The Morgan fingerprint density at radius 1 is 1.41 bits per heavy atom. The predicted octanol–water partition coefficient (Wildman–Crippen LogP) is 1.72. The lowest BCUT2D eigenvalue weighted by molar-refractivity contribution is -0.385. The van der Waals surface area contributed by atoms with Crippen LogP contribution in [0.2, 0.25) is 0 Å². The highest BCUT2D eigenvalue weighted by Gasteiger charge is 2.19. The molecule has 1 unspecified atom stereocenters. The van der Waals surface area contributed by atoms with E-state index >= 15 is 0 Å². The molecule has 2 amide bonds. The molecule has 1 rings (SSSR count). The number of carbonyl (C=O) groups excluding carboxylic acids is 2. The van der Waals surface area contributed by atoms with Crippen LogP contribution in [0.3, 0.4) is 0 Å². The van der Waals surface area contributed by atoms with E-state index in [0.29, 0.717) is 17.2 Å². The Morgan fingerprint density at radius 2 is 2.14 bits per heavy atom. The van der Waals surface area contributed by atoms with E-state index in [4.69, 9.17) is 0 Å². The number of nitrogens with one attached hydrogen (secondary N) is 2. The number of hydrogen-bond acceptors (Lipinski definition) is 5. The number of nitro benzene ring substituents is 1. The van der Waals surface area contributed by atoms with Crippen LogP contribution in [0.1, 0.15) is 20.3 Å². The van der Waals surface area contributed by atoms with Crippen molar-refractivity contribution in [2.45, 2.75) is 31.2 Å². The molecule has 0 saturated heterocycles. The zero-order chi connectivity index (χ0) is 16.5. The summed E-state index contributed by atoms with van der Waals surface area (Å²) in [6.07, 6.45) is 0.802. The first-order chi connectivity index (χ1) is 10.4. The Balaban J connectivity index is 2.69. The molecule has 1 aromatic carbocycles. The Bertz CT molecular complexity index is 551. The molecule has 1 aromatic rings. The fraction of sp³-hybridized carbons (Fsp3) is 0.429. The van der Waals surface area contributed by atoms with Crippen LogP contribution in [-0.2, 0) is 9.59 Å². The monoisotopic (exact) mass is 325 g/mol. The topological polar surface area (TPSA) is 101 Å². The third-order valence-corrected chi connectivity index (χ3v) is 3.78. The van der Waals surface area contributed by atoms with E-state index in [9.17, 15) is 19.7 Å². The van der Waals surface area contributed by atoms with E-state index in [1.54, 1.807) is 12.1 Å². The maximum atomic E-state index is 12.0. The number of thioether (sulfide) groups is 1. The van der Waals surface area contributed by atoms with Gasteiger partial charge in [0.25, 0.3) is 5.69 Å². The van der Waals surface area contributed by atoms with E-state index in [2.05, 4.69) is 10.6 Å². The van der Waals surface area contributed by atoms with Crippen LogP contribution in [0.25, 0.3) is 0 Å². The normalized spacial score (nSPS) is 11.5. The van der Waals surface area contributed by atoms with Crippen LogP contribution in [0, 0.1) is 10.1 Å². The molecule has 0 bridgehead atoms. The molecule has 0 radical (unpaired) electrons. The Labute approximate surface area is 133 Å². The minimum atomic E-state index is -0.673. The highest BCUT2D eigenvalue weighted by Crippen LogP contribution is 2.23. The van der Waals surface area contributed by atoms with Crippen molar-refractivity contribution in [3.63, 3.8) is 0 Å². The van der Waals surface area contributed by atoms with Crippen LogP contribution in [0.5, 0.6) is 0 Å². The maximum absolute atomic E-state index is 12.0. The molecule has 0 aliphatic carbocycles. The molecule has 0 aromatic heterocycles. The molecule has 0 aliphatic rings. The second kappa shape index (κ2) is 9.04. The smallest absolute Gasteiger partial charge is 0.270 e.